The number of anilines is 1. The van der Waals surface area contributed by atoms with Crippen LogP contribution in [0.4, 0.5) is 5.69 Å². The first kappa shape index (κ1) is 20.3. The van der Waals surface area contributed by atoms with Crippen LogP contribution >= 0.6 is 15.9 Å². The number of nitrogens with zero attached hydrogens (tertiary/aromatic N) is 2. The summed E-state index contributed by atoms with van der Waals surface area (Å²) in [6.45, 7) is 6.04. The van der Waals surface area contributed by atoms with Crippen molar-refractivity contribution in [3.63, 3.8) is 0 Å². The van der Waals surface area contributed by atoms with Crippen LogP contribution in [0, 0.1) is 0 Å². The van der Waals surface area contributed by atoms with Gasteiger partial charge in [-0.3, -0.25) is 0 Å². The van der Waals surface area contributed by atoms with Gasteiger partial charge < -0.3 is 19.5 Å². The molecule has 154 valence electrons. The molecule has 1 fully saturated rings. The van der Waals surface area contributed by atoms with Crippen LogP contribution < -0.4 is 15.0 Å². The number of halogens is 1. The zero-order chi connectivity index (χ0) is 20.6. The molecule has 0 radical (unpaired) electrons. The van der Waals surface area contributed by atoms with Crippen LogP contribution in [0.15, 0.2) is 56.9 Å². The van der Waals surface area contributed by atoms with E-state index in [0.717, 1.165) is 47.2 Å². The van der Waals surface area contributed by atoms with Gasteiger partial charge in [0.05, 0.1) is 22.6 Å². The van der Waals surface area contributed by atoms with Crippen molar-refractivity contribution < 1.29 is 13.2 Å². The highest BCUT2D eigenvalue weighted by molar-refractivity contribution is 9.10. The molecule has 4 rings (SSSR count). The van der Waals surface area contributed by atoms with Crippen LogP contribution in [0.1, 0.15) is 6.92 Å². The van der Waals surface area contributed by atoms with Crippen molar-refractivity contribution in [2.45, 2.75) is 23.3 Å². The molecule has 1 aliphatic heterocycles. The highest BCUT2D eigenvalue weighted by Gasteiger charge is 2.26. The van der Waals surface area contributed by atoms with Gasteiger partial charge in [-0.05, 0) is 43.3 Å². The predicted molar refractivity (Wildman–Crippen MR) is 119 cm³/mol. The lowest BCUT2D eigenvalue weighted by Crippen LogP contribution is -2.43. The second-order valence-electron chi connectivity index (χ2n) is 7.01. The van der Waals surface area contributed by atoms with Crippen molar-refractivity contribution >= 4 is 42.4 Å². The monoisotopic (exact) mass is 477 g/mol. The summed E-state index contributed by atoms with van der Waals surface area (Å²) in [4.78, 5) is 2.77. The number of hydrogen-bond acceptors (Lipinski definition) is 5. The van der Waals surface area contributed by atoms with E-state index in [0.29, 0.717) is 17.2 Å². The predicted octanol–water partition coefficient (Wildman–Crippen LogP) is 3.67. The smallest absolute Gasteiger partial charge is 0.208 e. The topological polar surface area (TPSA) is 63.6 Å². The minimum atomic E-state index is -3.70. The first-order valence-electron chi connectivity index (χ1n) is 9.63. The molecule has 6 nitrogen and oxygen atoms in total. The second kappa shape index (κ2) is 8.01. The first-order chi connectivity index (χ1) is 14.0. The number of ether oxygens (including phenoxy) is 1. The maximum absolute atomic E-state index is 13.6. The molecule has 0 aliphatic carbocycles. The molecule has 0 unspecified atom stereocenters. The van der Waals surface area contributed by atoms with Gasteiger partial charge in [-0.2, -0.15) is 0 Å². The van der Waals surface area contributed by atoms with Gasteiger partial charge in [0, 0.05) is 54.3 Å². The SMILES string of the molecule is CCn1cc(S(=O)(=O)c2ccc(OC)c(N3CCNCC3)c2)c2cc(Br)ccc21. The molecule has 0 saturated carbocycles. The van der Waals surface area contributed by atoms with E-state index in [1.807, 2.05) is 29.7 Å². The van der Waals surface area contributed by atoms with Crippen molar-refractivity contribution in [1.29, 1.82) is 0 Å². The van der Waals surface area contributed by atoms with Crippen molar-refractivity contribution in [1.82, 2.24) is 9.88 Å². The fourth-order valence-electron chi connectivity index (χ4n) is 3.83. The quantitative estimate of drug-likeness (QED) is 0.607. The Morgan fingerprint density at radius 2 is 1.90 bits per heavy atom. The summed E-state index contributed by atoms with van der Waals surface area (Å²) in [7, 11) is -2.08. The number of aromatic nitrogens is 1. The number of nitrogens with one attached hydrogen (secondary N) is 1. The maximum Gasteiger partial charge on any atom is 0.208 e. The zero-order valence-corrected chi connectivity index (χ0v) is 18.9. The minimum absolute atomic E-state index is 0.280. The van der Waals surface area contributed by atoms with Crippen molar-refractivity contribution in [2.75, 3.05) is 38.2 Å². The Hall–Kier alpha value is -2.03. The Kier molecular flexibility index (Phi) is 5.59. The van der Waals surface area contributed by atoms with Crippen molar-refractivity contribution in [2.24, 2.45) is 0 Å². The summed E-state index contributed by atoms with van der Waals surface area (Å²) >= 11 is 3.47. The molecule has 8 heteroatoms. The highest BCUT2D eigenvalue weighted by atomic mass is 79.9. The molecule has 29 heavy (non-hydrogen) atoms. The average Bonchev–Trinajstić information content (AvgIpc) is 3.12. The Labute approximate surface area is 179 Å². The number of fused-ring (bicyclic) bond motifs is 1. The number of aryl methyl sites for hydroxylation is 1. The van der Waals surface area contributed by atoms with E-state index >= 15 is 0 Å². The zero-order valence-electron chi connectivity index (χ0n) is 16.5. The number of hydrogen-bond donors (Lipinski definition) is 1. The van der Waals surface area contributed by atoms with Crippen LogP contribution in [0.5, 0.6) is 5.75 Å². The molecule has 0 spiro atoms. The number of methoxy groups -OCH3 is 1. The normalized spacial score (nSPS) is 15.1. The largest absolute Gasteiger partial charge is 0.495 e. The summed E-state index contributed by atoms with van der Waals surface area (Å²) in [5.74, 6) is 0.685. The average molecular weight is 478 g/mol. The lowest BCUT2D eigenvalue weighted by molar-refractivity contribution is 0.412. The maximum atomic E-state index is 13.6. The van der Waals surface area contributed by atoms with Crippen molar-refractivity contribution in [3.05, 3.63) is 47.1 Å². The van der Waals surface area contributed by atoms with Crippen LogP contribution in [0.2, 0.25) is 0 Å². The molecule has 1 saturated heterocycles. The fourth-order valence-corrected chi connectivity index (χ4v) is 5.68. The van der Waals surface area contributed by atoms with Crippen LogP contribution in [0.25, 0.3) is 10.9 Å². The molecular formula is C21H24BrN3O3S. The van der Waals surface area contributed by atoms with Crippen LogP contribution in [-0.4, -0.2) is 46.3 Å². The van der Waals surface area contributed by atoms with Crippen molar-refractivity contribution in [3.8, 4) is 5.75 Å². The van der Waals surface area contributed by atoms with Crippen LogP contribution in [0.3, 0.4) is 0 Å². The Morgan fingerprint density at radius 3 is 2.59 bits per heavy atom. The summed E-state index contributed by atoms with van der Waals surface area (Å²) in [5, 5.41) is 4.04. The molecule has 0 amide bonds. The van der Waals surface area contributed by atoms with E-state index in [9.17, 15) is 8.42 Å². The van der Waals surface area contributed by atoms with Gasteiger partial charge in [0.1, 0.15) is 5.75 Å². The fraction of sp³-hybridized carbons (Fsp3) is 0.333. The van der Waals surface area contributed by atoms with E-state index in [-0.39, 0.29) is 4.90 Å². The molecule has 1 aromatic heterocycles. The Morgan fingerprint density at radius 1 is 1.14 bits per heavy atom. The standard InChI is InChI=1S/C21H24BrN3O3S/c1-3-24-14-21(17-12-15(22)4-6-18(17)24)29(26,27)16-5-7-20(28-2)19(13-16)25-10-8-23-9-11-25/h4-7,12-14,23H,3,8-11H2,1-2H3. The number of sulfone groups is 1. The Bertz CT molecular complexity index is 1150. The summed E-state index contributed by atoms with van der Waals surface area (Å²) < 4.78 is 35.6. The third-order valence-electron chi connectivity index (χ3n) is 5.36. The molecule has 3 aromatic rings. The van der Waals surface area contributed by atoms with Gasteiger partial charge >= 0.3 is 0 Å². The van der Waals surface area contributed by atoms with Gasteiger partial charge in [-0.25, -0.2) is 8.42 Å². The molecule has 0 bridgehead atoms. The third-order valence-corrected chi connectivity index (χ3v) is 7.63. The summed E-state index contributed by atoms with van der Waals surface area (Å²) in [6, 6.07) is 10.9. The highest BCUT2D eigenvalue weighted by Crippen LogP contribution is 2.36. The molecular weight excluding hydrogens is 454 g/mol. The van der Waals surface area contributed by atoms with E-state index < -0.39 is 9.84 Å². The molecule has 1 N–H and O–H groups in total. The van der Waals surface area contributed by atoms with E-state index in [4.69, 9.17) is 4.74 Å². The van der Waals surface area contributed by atoms with Gasteiger partial charge in [-0.15, -0.1) is 0 Å². The molecule has 1 aliphatic rings. The van der Waals surface area contributed by atoms with Gasteiger partial charge in [0.2, 0.25) is 9.84 Å². The van der Waals surface area contributed by atoms with Gasteiger partial charge in [0.25, 0.3) is 0 Å². The van der Waals surface area contributed by atoms with E-state index in [1.54, 1.807) is 31.5 Å². The Balaban J connectivity index is 1.86. The lowest BCUT2D eigenvalue weighted by atomic mass is 10.2. The van der Waals surface area contributed by atoms with E-state index in [1.165, 1.54) is 0 Å². The number of piperazine rings is 1. The summed E-state index contributed by atoms with van der Waals surface area (Å²) in [6.07, 6.45) is 1.74. The van der Waals surface area contributed by atoms with Crippen LogP contribution in [-0.2, 0) is 16.4 Å². The second-order valence-corrected chi connectivity index (χ2v) is 9.85. The van der Waals surface area contributed by atoms with E-state index in [2.05, 4.69) is 26.1 Å². The minimum Gasteiger partial charge on any atom is -0.495 e. The molecule has 2 heterocycles. The number of rotatable bonds is 5. The number of benzene rings is 2. The first-order valence-corrected chi connectivity index (χ1v) is 11.9. The molecule has 0 atom stereocenters. The third kappa shape index (κ3) is 3.65. The lowest BCUT2D eigenvalue weighted by Gasteiger charge is -2.30. The summed E-state index contributed by atoms with van der Waals surface area (Å²) in [5.41, 5.74) is 1.72. The van der Waals surface area contributed by atoms with Gasteiger partial charge in [0.15, 0.2) is 0 Å². The molecule has 2 aromatic carbocycles. The van der Waals surface area contributed by atoms with Gasteiger partial charge in [-0.1, -0.05) is 15.9 Å².